The van der Waals surface area contributed by atoms with Crippen molar-refractivity contribution in [3.63, 3.8) is 0 Å². The van der Waals surface area contributed by atoms with Gasteiger partial charge in [0, 0.05) is 15.4 Å². The van der Waals surface area contributed by atoms with Gasteiger partial charge in [-0.1, -0.05) is 12.1 Å². The topological polar surface area (TPSA) is 84.6 Å². The van der Waals surface area contributed by atoms with Crippen molar-refractivity contribution in [2.75, 3.05) is 0 Å². The van der Waals surface area contributed by atoms with Crippen LogP contribution in [0.15, 0.2) is 43.7 Å². The van der Waals surface area contributed by atoms with Crippen LogP contribution < -0.4 is 5.43 Å². The molecule has 1 amide bonds. The minimum atomic E-state index is -0.631. The van der Waals surface area contributed by atoms with E-state index in [1.165, 1.54) is 35.8 Å². The lowest BCUT2D eigenvalue weighted by Crippen LogP contribution is -2.18. The molecule has 0 fully saturated rings. The molecule has 0 atom stereocenters. The number of nitrogens with one attached hydrogen (secondary N) is 1. The molecule has 0 aliphatic heterocycles. The standard InChI is InChI=1S/C12H7Br2N3O3S/c13-9-5-7(21-11(9)14)6-15-16-12(18)8-3-1-2-4-10(8)17(19)20/h1-6H,(H,16,18). The largest absolute Gasteiger partial charge is 0.282 e. The summed E-state index contributed by atoms with van der Waals surface area (Å²) in [6.07, 6.45) is 1.47. The first-order valence-electron chi connectivity index (χ1n) is 5.50. The summed E-state index contributed by atoms with van der Waals surface area (Å²) in [4.78, 5) is 22.9. The van der Waals surface area contributed by atoms with Crippen LogP contribution in [0.2, 0.25) is 0 Å². The van der Waals surface area contributed by atoms with Gasteiger partial charge in [-0.25, -0.2) is 5.43 Å². The van der Waals surface area contributed by atoms with Crippen LogP contribution in [-0.2, 0) is 0 Å². The second-order valence-corrected chi connectivity index (χ2v) is 7.00. The van der Waals surface area contributed by atoms with Gasteiger partial charge >= 0.3 is 0 Å². The zero-order chi connectivity index (χ0) is 15.4. The second kappa shape index (κ2) is 6.92. The molecule has 0 bridgehead atoms. The number of para-hydroxylation sites is 1. The number of amides is 1. The molecule has 9 heteroatoms. The molecule has 0 saturated carbocycles. The number of benzene rings is 1. The summed E-state index contributed by atoms with van der Waals surface area (Å²) >= 11 is 8.12. The third-order valence-electron chi connectivity index (χ3n) is 2.37. The Morgan fingerprint density at radius 2 is 2.10 bits per heavy atom. The van der Waals surface area contributed by atoms with Crippen molar-refractivity contribution in [1.29, 1.82) is 0 Å². The first kappa shape index (κ1) is 15.8. The lowest BCUT2D eigenvalue weighted by molar-refractivity contribution is -0.385. The number of nitro benzene ring substituents is 1. The predicted molar refractivity (Wildman–Crippen MR) is 87.9 cm³/mol. The van der Waals surface area contributed by atoms with Crippen LogP contribution >= 0.6 is 43.2 Å². The predicted octanol–water partition coefficient (Wildman–Crippen LogP) is 3.95. The molecule has 1 aromatic carbocycles. The van der Waals surface area contributed by atoms with Crippen molar-refractivity contribution in [2.45, 2.75) is 0 Å². The SMILES string of the molecule is O=C(NN=Cc1cc(Br)c(Br)s1)c1ccccc1[N+](=O)[O-]. The molecule has 1 heterocycles. The summed E-state index contributed by atoms with van der Waals surface area (Å²) in [6, 6.07) is 7.53. The van der Waals surface area contributed by atoms with Gasteiger partial charge in [0.15, 0.2) is 0 Å². The Bertz CT molecular complexity index is 711. The Morgan fingerprint density at radius 1 is 1.38 bits per heavy atom. The third-order valence-corrected chi connectivity index (χ3v) is 5.56. The van der Waals surface area contributed by atoms with E-state index in [9.17, 15) is 14.9 Å². The van der Waals surface area contributed by atoms with E-state index in [1.54, 1.807) is 6.07 Å². The zero-order valence-electron chi connectivity index (χ0n) is 10.2. The van der Waals surface area contributed by atoms with Gasteiger partial charge in [-0.2, -0.15) is 5.10 Å². The zero-order valence-corrected chi connectivity index (χ0v) is 14.2. The molecule has 0 aliphatic rings. The Kier molecular flexibility index (Phi) is 5.21. The van der Waals surface area contributed by atoms with Crippen LogP contribution in [0.25, 0.3) is 0 Å². The number of nitrogens with zero attached hydrogens (tertiary/aromatic N) is 2. The van der Waals surface area contributed by atoms with Crippen LogP contribution in [0.5, 0.6) is 0 Å². The molecular formula is C12H7Br2N3O3S. The third kappa shape index (κ3) is 3.96. The fraction of sp³-hybridized carbons (Fsp3) is 0. The maximum Gasteiger partial charge on any atom is 0.282 e. The summed E-state index contributed by atoms with van der Waals surface area (Å²) in [5.41, 5.74) is 1.98. The van der Waals surface area contributed by atoms with E-state index >= 15 is 0 Å². The van der Waals surface area contributed by atoms with E-state index in [4.69, 9.17) is 0 Å². The van der Waals surface area contributed by atoms with E-state index in [0.717, 1.165) is 13.1 Å². The van der Waals surface area contributed by atoms with Crippen molar-refractivity contribution in [3.05, 3.63) is 59.1 Å². The number of halogens is 2. The normalized spacial score (nSPS) is 10.8. The Balaban J connectivity index is 2.10. The van der Waals surface area contributed by atoms with Crippen molar-refractivity contribution < 1.29 is 9.72 Å². The maximum absolute atomic E-state index is 11.9. The van der Waals surface area contributed by atoms with Crippen molar-refractivity contribution >= 4 is 61.0 Å². The molecular weight excluding hydrogens is 426 g/mol. The number of hydrogen-bond donors (Lipinski definition) is 1. The molecule has 108 valence electrons. The number of hydrazone groups is 1. The number of carbonyl (C=O) groups excluding carboxylic acids is 1. The maximum atomic E-state index is 11.9. The van der Waals surface area contributed by atoms with Gasteiger partial charge in [-0.3, -0.25) is 14.9 Å². The molecule has 1 aromatic heterocycles. The summed E-state index contributed by atoms with van der Waals surface area (Å²) < 4.78 is 1.80. The Hall–Kier alpha value is -1.58. The molecule has 2 rings (SSSR count). The molecule has 0 spiro atoms. The van der Waals surface area contributed by atoms with Gasteiger partial charge in [-0.05, 0) is 44.0 Å². The highest BCUT2D eigenvalue weighted by Crippen LogP contribution is 2.31. The highest BCUT2D eigenvalue weighted by atomic mass is 79.9. The molecule has 0 aliphatic carbocycles. The van der Waals surface area contributed by atoms with Gasteiger partial charge in [0.2, 0.25) is 0 Å². The fourth-order valence-electron chi connectivity index (χ4n) is 1.47. The van der Waals surface area contributed by atoms with Crippen LogP contribution in [0, 0.1) is 10.1 Å². The Morgan fingerprint density at radius 3 is 2.71 bits per heavy atom. The molecule has 0 radical (unpaired) electrons. The van der Waals surface area contributed by atoms with E-state index < -0.39 is 10.8 Å². The summed E-state index contributed by atoms with van der Waals surface area (Å²) in [7, 11) is 0. The lowest BCUT2D eigenvalue weighted by Gasteiger charge is -2.00. The molecule has 6 nitrogen and oxygen atoms in total. The first-order chi connectivity index (χ1) is 9.99. The number of rotatable bonds is 4. The van der Waals surface area contributed by atoms with Gasteiger partial charge < -0.3 is 0 Å². The minimum Gasteiger partial charge on any atom is -0.267 e. The van der Waals surface area contributed by atoms with Gasteiger partial charge in [-0.15, -0.1) is 11.3 Å². The number of thiophene rings is 1. The molecule has 2 aromatic rings. The molecule has 0 unspecified atom stereocenters. The van der Waals surface area contributed by atoms with E-state index in [-0.39, 0.29) is 11.3 Å². The summed E-state index contributed by atoms with van der Waals surface area (Å²) in [5.74, 6) is -0.631. The highest BCUT2D eigenvalue weighted by molar-refractivity contribution is 9.13. The van der Waals surface area contributed by atoms with Crippen molar-refractivity contribution in [1.82, 2.24) is 5.43 Å². The van der Waals surface area contributed by atoms with Crippen LogP contribution in [0.4, 0.5) is 5.69 Å². The van der Waals surface area contributed by atoms with E-state index in [1.807, 2.05) is 6.07 Å². The van der Waals surface area contributed by atoms with Crippen LogP contribution in [-0.4, -0.2) is 17.0 Å². The molecule has 0 saturated heterocycles. The molecule has 21 heavy (non-hydrogen) atoms. The Labute approximate surface area is 140 Å². The minimum absolute atomic E-state index is 0.0341. The lowest BCUT2D eigenvalue weighted by atomic mass is 10.2. The van der Waals surface area contributed by atoms with Crippen molar-refractivity contribution in [3.8, 4) is 0 Å². The van der Waals surface area contributed by atoms with E-state index in [2.05, 4.69) is 42.4 Å². The summed E-state index contributed by atoms with van der Waals surface area (Å²) in [5, 5.41) is 14.6. The van der Waals surface area contributed by atoms with Crippen molar-refractivity contribution in [2.24, 2.45) is 5.10 Å². The highest BCUT2D eigenvalue weighted by Gasteiger charge is 2.18. The monoisotopic (exact) mass is 431 g/mol. The first-order valence-corrected chi connectivity index (χ1v) is 7.91. The molecule has 1 N–H and O–H groups in total. The number of nitro groups is 1. The quantitative estimate of drug-likeness (QED) is 0.451. The van der Waals surface area contributed by atoms with Gasteiger partial charge in [0.1, 0.15) is 5.56 Å². The number of carbonyl (C=O) groups is 1. The fourth-order valence-corrected chi connectivity index (χ4v) is 3.43. The average Bonchev–Trinajstić information content (AvgIpc) is 2.77. The number of hydrogen-bond acceptors (Lipinski definition) is 5. The van der Waals surface area contributed by atoms with Gasteiger partial charge in [0.05, 0.1) is 14.9 Å². The van der Waals surface area contributed by atoms with E-state index in [0.29, 0.717) is 0 Å². The van der Waals surface area contributed by atoms with Crippen LogP contribution in [0.3, 0.4) is 0 Å². The smallest absolute Gasteiger partial charge is 0.267 e. The average molecular weight is 433 g/mol. The van der Waals surface area contributed by atoms with Crippen LogP contribution in [0.1, 0.15) is 15.2 Å². The van der Waals surface area contributed by atoms with Gasteiger partial charge in [0.25, 0.3) is 11.6 Å². The summed E-state index contributed by atoms with van der Waals surface area (Å²) in [6.45, 7) is 0. The second-order valence-electron chi connectivity index (χ2n) is 3.74.